The Labute approximate surface area is 111 Å². The van der Waals surface area contributed by atoms with Gasteiger partial charge in [-0.15, -0.1) is 0 Å². The molecule has 0 radical (unpaired) electrons. The first-order chi connectivity index (χ1) is 8.83. The van der Waals surface area contributed by atoms with E-state index in [-0.39, 0.29) is 6.04 Å². The molecule has 18 heavy (non-hydrogen) atoms. The molecule has 0 bridgehead atoms. The minimum Gasteiger partial charge on any atom is -0.371 e. The molecule has 1 saturated heterocycles. The number of benzene rings is 1. The summed E-state index contributed by atoms with van der Waals surface area (Å²) in [5, 5.41) is 0. The summed E-state index contributed by atoms with van der Waals surface area (Å²) in [6.45, 7) is 4.61. The van der Waals surface area contributed by atoms with Gasteiger partial charge in [0.1, 0.15) is 0 Å². The Morgan fingerprint density at radius 2 is 1.89 bits per heavy atom. The van der Waals surface area contributed by atoms with Gasteiger partial charge in [0.15, 0.2) is 0 Å². The van der Waals surface area contributed by atoms with E-state index in [1.54, 1.807) is 0 Å². The van der Waals surface area contributed by atoms with Crippen molar-refractivity contribution in [2.75, 3.05) is 18.0 Å². The summed E-state index contributed by atoms with van der Waals surface area (Å²) >= 11 is 0. The maximum absolute atomic E-state index is 6.36. The zero-order valence-corrected chi connectivity index (χ0v) is 11.6. The Bertz CT molecular complexity index is 356. The van der Waals surface area contributed by atoms with Crippen molar-refractivity contribution in [3.8, 4) is 0 Å². The molecule has 1 aromatic rings. The molecule has 0 aliphatic carbocycles. The summed E-state index contributed by atoms with van der Waals surface area (Å²) in [5.74, 6) is 0. The zero-order valence-electron chi connectivity index (χ0n) is 11.6. The average Bonchev–Trinajstić information content (AvgIpc) is 2.45. The Morgan fingerprint density at radius 3 is 2.61 bits per heavy atom. The molecular weight excluding hydrogens is 220 g/mol. The molecule has 2 N–H and O–H groups in total. The van der Waals surface area contributed by atoms with Gasteiger partial charge < -0.3 is 10.6 Å². The van der Waals surface area contributed by atoms with Gasteiger partial charge in [0.2, 0.25) is 0 Å². The fourth-order valence-corrected chi connectivity index (χ4v) is 2.80. The third-order valence-corrected chi connectivity index (χ3v) is 3.90. The first-order valence-electron chi connectivity index (χ1n) is 7.42. The number of unbranched alkanes of at least 4 members (excludes halogenated alkanes) is 1. The molecule has 1 aromatic carbocycles. The number of nitrogens with two attached hydrogens (primary N) is 1. The van der Waals surface area contributed by atoms with Crippen LogP contribution in [0.4, 0.5) is 5.69 Å². The number of hydrogen-bond acceptors (Lipinski definition) is 2. The van der Waals surface area contributed by atoms with E-state index in [0.29, 0.717) is 0 Å². The molecule has 1 aliphatic rings. The van der Waals surface area contributed by atoms with Gasteiger partial charge in [-0.1, -0.05) is 38.0 Å². The minimum atomic E-state index is 0.197. The van der Waals surface area contributed by atoms with E-state index in [1.165, 1.54) is 56.4 Å². The summed E-state index contributed by atoms with van der Waals surface area (Å²) in [6.07, 6.45) is 7.55. The van der Waals surface area contributed by atoms with Crippen LogP contribution in [0.2, 0.25) is 0 Å². The lowest BCUT2D eigenvalue weighted by Gasteiger charge is -2.32. The Balaban J connectivity index is 2.13. The molecule has 0 spiro atoms. The van der Waals surface area contributed by atoms with Crippen molar-refractivity contribution in [2.45, 2.75) is 51.5 Å². The van der Waals surface area contributed by atoms with E-state index in [4.69, 9.17) is 5.73 Å². The molecule has 2 heteroatoms. The SMILES string of the molecule is CCCC[C@@H](N)c1ccccc1N1CCCCC1. The molecule has 0 aromatic heterocycles. The molecule has 1 fully saturated rings. The van der Waals surface area contributed by atoms with E-state index in [2.05, 4.69) is 36.1 Å². The lowest BCUT2D eigenvalue weighted by atomic mass is 9.98. The molecule has 1 heterocycles. The number of anilines is 1. The highest BCUT2D eigenvalue weighted by Crippen LogP contribution is 2.29. The van der Waals surface area contributed by atoms with Crippen molar-refractivity contribution in [1.29, 1.82) is 0 Å². The summed E-state index contributed by atoms with van der Waals surface area (Å²) in [4.78, 5) is 2.52. The van der Waals surface area contributed by atoms with Gasteiger partial charge >= 0.3 is 0 Å². The van der Waals surface area contributed by atoms with Crippen molar-refractivity contribution in [2.24, 2.45) is 5.73 Å². The molecule has 0 unspecified atom stereocenters. The number of nitrogens with zero attached hydrogens (tertiary/aromatic N) is 1. The topological polar surface area (TPSA) is 29.3 Å². The van der Waals surface area contributed by atoms with E-state index in [1.807, 2.05) is 0 Å². The van der Waals surface area contributed by atoms with Gasteiger partial charge in [-0.2, -0.15) is 0 Å². The van der Waals surface area contributed by atoms with Gasteiger partial charge in [0.25, 0.3) is 0 Å². The van der Waals surface area contributed by atoms with Crippen molar-refractivity contribution in [3.05, 3.63) is 29.8 Å². The number of piperidine rings is 1. The van der Waals surface area contributed by atoms with Gasteiger partial charge in [-0.25, -0.2) is 0 Å². The van der Waals surface area contributed by atoms with E-state index < -0.39 is 0 Å². The lowest BCUT2D eigenvalue weighted by Crippen LogP contribution is -2.31. The van der Waals surface area contributed by atoms with Crippen LogP contribution in [0.15, 0.2) is 24.3 Å². The first-order valence-corrected chi connectivity index (χ1v) is 7.42. The highest BCUT2D eigenvalue weighted by atomic mass is 15.1. The van der Waals surface area contributed by atoms with Gasteiger partial charge in [-0.3, -0.25) is 0 Å². The van der Waals surface area contributed by atoms with E-state index in [9.17, 15) is 0 Å². The van der Waals surface area contributed by atoms with Crippen LogP contribution in [0, 0.1) is 0 Å². The Kier molecular flexibility index (Phi) is 5.06. The molecule has 1 atom stereocenters. The number of para-hydroxylation sites is 1. The van der Waals surface area contributed by atoms with Crippen LogP contribution in [0.25, 0.3) is 0 Å². The third kappa shape index (κ3) is 3.26. The second kappa shape index (κ2) is 6.79. The molecule has 2 rings (SSSR count). The van der Waals surface area contributed by atoms with Crippen LogP contribution >= 0.6 is 0 Å². The normalized spacial score (nSPS) is 17.8. The van der Waals surface area contributed by atoms with E-state index >= 15 is 0 Å². The van der Waals surface area contributed by atoms with Gasteiger partial charge in [0.05, 0.1) is 0 Å². The van der Waals surface area contributed by atoms with Crippen LogP contribution in [-0.2, 0) is 0 Å². The third-order valence-electron chi connectivity index (χ3n) is 3.90. The van der Waals surface area contributed by atoms with Crippen LogP contribution in [0.1, 0.15) is 57.1 Å². The fourth-order valence-electron chi connectivity index (χ4n) is 2.80. The molecular formula is C16H26N2. The maximum atomic E-state index is 6.36. The summed E-state index contributed by atoms with van der Waals surface area (Å²) in [6, 6.07) is 8.91. The standard InChI is InChI=1S/C16H26N2/c1-2-3-10-15(17)14-9-5-6-11-16(14)18-12-7-4-8-13-18/h5-6,9,11,15H,2-4,7-8,10,12-13,17H2,1H3/t15-/m1/s1. The summed E-state index contributed by atoms with van der Waals surface area (Å²) in [5.41, 5.74) is 9.08. The maximum Gasteiger partial charge on any atom is 0.0414 e. The van der Waals surface area contributed by atoms with Crippen molar-refractivity contribution >= 4 is 5.69 Å². The monoisotopic (exact) mass is 246 g/mol. The molecule has 0 amide bonds. The Morgan fingerprint density at radius 1 is 1.17 bits per heavy atom. The highest BCUT2D eigenvalue weighted by Gasteiger charge is 2.17. The largest absolute Gasteiger partial charge is 0.371 e. The molecule has 0 saturated carbocycles. The zero-order chi connectivity index (χ0) is 12.8. The molecule has 2 nitrogen and oxygen atoms in total. The predicted octanol–water partition coefficient (Wildman–Crippen LogP) is 3.87. The summed E-state index contributed by atoms with van der Waals surface area (Å²) < 4.78 is 0. The highest BCUT2D eigenvalue weighted by molar-refractivity contribution is 5.55. The first kappa shape index (κ1) is 13.4. The molecule has 100 valence electrons. The van der Waals surface area contributed by atoms with Crippen LogP contribution in [0.5, 0.6) is 0 Å². The van der Waals surface area contributed by atoms with Crippen molar-refractivity contribution < 1.29 is 0 Å². The molecule has 1 aliphatic heterocycles. The van der Waals surface area contributed by atoms with Crippen LogP contribution in [0.3, 0.4) is 0 Å². The van der Waals surface area contributed by atoms with E-state index in [0.717, 1.165) is 6.42 Å². The second-order valence-corrected chi connectivity index (χ2v) is 5.36. The Hall–Kier alpha value is -1.02. The van der Waals surface area contributed by atoms with Crippen LogP contribution in [-0.4, -0.2) is 13.1 Å². The van der Waals surface area contributed by atoms with Crippen molar-refractivity contribution in [3.63, 3.8) is 0 Å². The van der Waals surface area contributed by atoms with Crippen molar-refractivity contribution in [1.82, 2.24) is 0 Å². The fraction of sp³-hybridized carbons (Fsp3) is 0.625. The average molecular weight is 246 g/mol. The van der Waals surface area contributed by atoms with Crippen LogP contribution < -0.4 is 10.6 Å². The smallest absolute Gasteiger partial charge is 0.0414 e. The second-order valence-electron chi connectivity index (χ2n) is 5.36. The quantitative estimate of drug-likeness (QED) is 0.854. The predicted molar refractivity (Wildman–Crippen MR) is 79.0 cm³/mol. The van der Waals surface area contributed by atoms with Gasteiger partial charge in [-0.05, 0) is 37.3 Å². The minimum absolute atomic E-state index is 0.197. The lowest BCUT2D eigenvalue weighted by molar-refractivity contribution is 0.566. The number of hydrogen-bond donors (Lipinski definition) is 1. The number of rotatable bonds is 5. The summed E-state index contributed by atoms with van der Waals surface area (Å²) in [7, 11) is 0. The van der Waals surface area contributed by atoms with Gasteiger partial charge in [0, 0.05) is 24.8 Å².